The Morgan fingerprint density at radius 1 is 1.07 bits per heavy atom. The van der Waals surface area contributed by atoms with Crippen LogP contribution in [0.2, 0.25) is 0 Å². The number of nitro benzene ring substituents is 1. The van der Waals surface area contributed by atoms with Crippen LogP contribution in [0.15, 0.2) is 36.4 Å². The van der Waals surface area contributed by atoms with E-state index >= 15 is 0 Å². The van der Waals surface area contributed by atoms with Gasteiger partial charge in [0.25, 0.3) is 5.69 Å². The number of nitro groups is 1. The largest absolute Gasteiger partial charge is 0.493 e. The molecule has 1 fully saturated rings. The summed E-state index contributed by atoms with van der Waals surface area (Å²) < 4.78 is 44.2. The minimum Gasteiger partial charge on any atom is -0.493 e. The number of anilines is 1. The number of nitrogens with zero attached hydrogens (tertiary/aromatic N) is 3. The number of halogens is 3. The standard InChI is InChI=1S/C20H20F3N3O3/c21-20(22,23)16-2-3-17(18(12-16)26(27)28)25-8-6-24(7-9-25)13-14-1-4-19-15(11-14)5-10-29-19/h1-4,11-12H,5-10,13H2. The number of rotatable bonds is 4. The average molecular weight is 407 g/mol. The number of ether oxygens (including phenoxy) is 1. The molecule has 6 nitrogen and oxygen atoms in total. The molecule has 1 saturated heterocycles. The molecule has 0 unspecified atom stereocenters. The van der Waals surface area contributed by atoms with Crippen LogP contribution in [-0.2, 0) is 19.1 Å². The van der Waals surface area contributed by atoms with Crippen molar-refractivity contribution in [2.45, 2.75) is 19.1 Å². The molecular formula is C20H20F3N3O3. The fraction of sp³-hybridized carbons (Fsp3) is 0.400. The molecular weight excluding hydrogens is 387 g/mol. The van der Waals surface area contributed by atoms with Crippen molar-refractivity contribution in [2.75, 3.05) is 37.7 Å². The highest BCUT2D eigenvalue weighted by molar-refractivity contribution is 5.65. The summed E-state index contributed by atoms with van der Waals surface area (Å²) in [4.78, 5) is 14.6. The lowest BCUT2D eigenvalue weighted by Crippen LogP contribution is -2.46. The van der Waals surface area contributed by atoms with Gasteiger partial charge in [0.1, 0.15) is 11.4 Å². The first-order valence-electron chi connectivity index (χ1n) is 9.39. The van der Waals surface area contributed by atoms with Crippen LogP contribution in [0.5, 0.6) is 5.75 Å². The highest BCUT2D eigenvalue weighted by atomic mass is 19.4. The summed E-state index contributed by atoms with van der Waals surface area (Å²) in [5.41, 5.74) is 1.11. The van der Waals surface area contributed by atoms with Gasteiger partial charge >= 0.3 is 6.18 Å². The van der Waals surface area contributed by atoms with Crippen molar-refractivity contribution in [1.29, 1.82) is 0 Å². The summed E-state index contributed by atoms with van der Waals surface area (Å²) in [5, 5.41) is 11.3. The van der Waals surface area contributed by atoms with E-state index in [4.69, 9.17) is 4.74 Å². The molecule has 0 aromatic heterocycles. The Bertz CT molecular complexity index is 925. The van der Waals surface area contributed by atoms with E-state index < -0.39 is 22.4 Å². The Morgan fingerprint density at radius 3 is 2.52 bits per heavy atom. The zero-order valence-corrected chi connectivity index (χ0v) is 15.6. The van der Waals surface area contributed by atoms with Crippen LogP contribution >= 0.6 is 0 Å². The van der Waals surface area contributed by atoms with Crippen molar-refractivity contribution in [2.24, 2.45) is 0 Å². The first-order valence-corrected chi connectivity index (χ1v) is 9.39. The minimum atomic E-state index is -4.61. The van der Waals surface area contributed by atoms with E-state index in [2.05, 4.69) is 11.0 Å². The normalized spacial score (nSPS) is 17.1. The van der Waals surface area contributed by atoms with Crippen LogP contribution in [0.25, 0.3) is 0 Å². The van der Waals surface area contributed by atoms with Gasteiger partial charge in [-0.15, -0.1) is 0 Å². The lowest BCUT2D eigenvalue weighted by atomic mass is 10.1. The Kier molecular flexibility index (Phi) is 5.08. The van der Waals surface area contributed by atoms with Gasteiger partial charge in [-0.3, -0.25) is 15.0 Å². The van der Waals surface area contributed by atoms with E-state index in [-0.39, 0.29) is 5.69 Å². The molecule has 0 spiro atoms. The monoisotopic (exact) mass is 407 g/mol. The molecule has 154 valence electrons. The fourth-order valence-electron chi connectivity index (χ4n) is 3.86. The van der Waals surface area contributed by atoms with E-state index in [1.54, 1.807) is 4.90 Å². The third-order valence-electron chi connectivity index (χ3n) is 5.37. The fourth-order valence-corrected chi connectivity index (χ4v) is 3.86. The van der Waals surface area contributed by atoms with Gasteiger partial charge in [0.05, 0.1) is 17.1 Å². The molecule has 4 rings (SSSR count). The van der Waals surface area contributed by atoms with Crippen LogP contribution in [-0.4, -0.2) is 42.6 Å². The molecule has 2 aromatic rings. The summed E-state index contributed by atoms with van der Waals surface area (Å²) in [6.07, 6.45) is -3.70. The van der Waals surface area contributed by atoms with Gasteiger partial charge in [-0.25, -0.2) is 0 Å². The van der Waals surface area contributed by atoms with Crippen LogP contribution in [0.1, 0.15) is 16.7 Å². The van der Waals surface area contributed by atoms with Crippen molar-refractivity contribution in [3.8, 4) is 5.75 Å². The molecule has 2 aromatic carbocycles. The predicted molar refractivity (Wildman–Crippen MR) is 101 cm³/mol. The number of fused-ring (bicyclic) bond motifs is 1. The highest BCUT2D eigenvalue weighted by Crippen LogP contribution is 2.37. The minimum absolute atomic E-state index is 0.234. The van der Waals surface area contributed by atoms with Crippen LogP contribution < -0.4 is 9.64 Å². The van der Waals surface area contributed by atoms with Gasteiger partial charge in [-0.05, 0) is 29.3 Å². The summed E-state index contributed by atoms with van der Waals surface area (Å²) >= 11 is 0. The first-order chi connectivity index (χ1) is 13.8. The molecule has 0 aliphatic carbocycles. The van der Waals surface area contributed by atoms with E-state index in [9.17, 15) is 23.3 Å². The second-order valence-corrected chi connectivity index (χ2v) is 7.26. The number of alkyl halides is 3. The molecule has 0 bridgehead atoms. The maximum atomic E-state index is 12.9. The molecule has 0 N–H and O–H groups in total. The second-order valence-electron chi connectivity index (χ2n) is 7.26. The van der Waals surface area contributed by atoms with Gasteiger partial charge in [0.15, 0.2) is 0 Å². The quantitative estimate of drug-likeness (QED) is 0.569. The Balaban J connectivity index is 1.43. The Morgan fingerprint density at radius 2 is 1.83 bits per heavy atom. The Hall–Kier alpha value is -2.81. The van der Waals surface area contributed by atoms with Gasteiger partial charge in [0, 0.05) is 45.2 Å². The lowest BCUT2D eigenvalue weighted by Gasteiger charge is -2.36. The van der Waals surface area contributed by atoms with Crippen LogP contribution in [0.4, 0.5) is 24.5 Å². The molecule has 0 amide bonds. The summed E-state index contributed by atoms with van der Waals surface area (Å²) in [6, 6.07) is 8.90. The highest BCUT2D eigenvalue weighted by Gasteiger charge is 2.34. The summed E-state index contributed by atoms with van der Waals surface area (Å²) in [5.74, 6) is 0.938. The van der Waals surface area contributed by atoms with E-state index in [1.165, 1.54) is 17.2 Å². The van der Waals surface area contributed by atoms with Gasteiger partial charge in [-0.2, -0.15) is 13.2 Å². The average Bonchev–Trinajstić information content (AvgIpc) is 3.15. The van der Waals surface area contributed by atoms with E-state index in [0.29, 0.717) is 38.9 Å². The third kappa shape index (κ3) is 4.14. The zero-order valence-electron chi connectivity index (χ0n) is 15.6. The zero-order chi connectivity index (χ0) is 20.6. The molecule has 2 heterocycles. The number of piperazine rings is 1. The molecule has 2 aliphatic rings. The van der Waals surface area contributed by atoms with E-state index in [1.807, 2.05) is 12.1 Å². The van der Waals surface area contributed by atoms with Crippen molar-refractivity contribution in [1.82, 2.24) is 4.90 Å². The van der Waals surface area contributed by atoms with Crippen molar-refractivity contribution in [3.05, 3.63) is 63.2 Å². The van der Waals surface area contributed by atoms with Crippen LogP contribution in [0, 0.1) is 10.1 Å². The topological polar surface area (TPSA) is 58.9 Å². The van der Waals surface area contributed by atoms with Gasteiger partial charge < -0.3 is 9.64 Å². The summed E-state index contributed by atoms with van der Waals surface area (Å²) in [6.45, 7) is 3.84. The lowest BCUT2D eigenvalue weighted by molar-refractivity contribution is -0.384. The molecule has 0 saturated carbocycles. The smallest absolute Gasteiger partial charge is 0.416 e. The number of hydrogen-bond donors (Lipinski definition) is 0. The third-order valence-corrected chi connectivity index (χ3v) is 5.37. The van der Waals surface area contributed by atoms with Crippen molar-refractivity contribution in [3.63, 3.8) is 0 Å². The predicted octanol–water partition coefficient (Wildman–Crippen LogP) is 3.87. The Labute approximate surface area is 165 Å². The maximum Gasteiger partial charge on any atom is 0.416 e. The molecule has 0 radical (unpaired) electrons. The molecule has 0 atom stereocenters. The SMILES string of the molecule is O=[N+]([O-])c1cc(C(F)(F)F)ccc1N1CCN(Cc2ccc3c(c2)CCO3)CC1. The van der Waals surface area contributed by atoms with Crippen molar-refractivity contribution >= 4 is 11.4 Å². The molecule has 2 aliphatic heterocycles. The molecule has 29 heavy (non-hydrogen) atoms. The van der Waals surface area contributed by atoms with E-state index in [0.717, 1.165) is 24.8 Å². The van der Waals surface area contributed by atoms with Gasteiger partial charge in [-0.1, -0.05) is 12.1 Å². The van der Waals surface area contributed by atoms with Gasteiger partial charge in [0.2, 0.25) is 0 Å². The second kappa shape index (κ2) is 7.55. The first kappa shape index (κ1) is 19.5. The number of hydrogen-bond acceptors (Lipinski definition) is 5. The molecule has 9 heteroatoms. The van der Waals surface area contributed by atoms with Crippen molar-refractivity contribution < 1.29 is 22.8 Å². The summed E-state index contributed by atoms with van der Waals surface area (Å²) in [7, 11) is 0. The van der Waals surface area contributed by atoms with Crippen LogP contribution in [0.3, 0.4) is 0 Å². The maximum absolute atomic E-state index is 12.9. The number of benzene rings is 2.